The van der Waals surface area contributed by atoms with Crippen LogP contribution in [0.15, 0.2) is 42.5 Å². The van der Waals surface area contributed by atoms with Crippen molar-refractivity contribution in [1.82, 2.24) is 10.2 Å². The van der Waals surface area contributed by atoms with Crippen LogP contribution in [-0.4, -0.2) is 31.1 Å². The van der Waals surface area contributed by atoms with Crippen molar-refractivity contribution in [2.75, 3.05) is 26.2 Å². The summed E-state index contributed by atoms with van der Waals surface area (Å²) in [6.07, 6.45) is 0. The van der Waals surface area contributed by atoms with E-state index in [0.717, 1.165) is 43.4 Å². The molecule has 0 amide bonds. The molecule has 1 N–H and O–H groups in total. The second kappa shape index (κ2) is 6.55. The largest absolute Gasteiger partial charge is 0.314 e. The Hall–Kier alpha value is -1.78. The van der Waals surface area contributed by atoms with Gasteiger partial charge in [0.1, 0.15) is 11.6 Å². The van der Waals surface area contributed by atoms with Gasteiger partial charge in [-0.05, 0) is 18.6 Å². The van der Waals surface area contributed by atoms with Gasteiger partial charge in [0, 0.05) is 37.8 Å². The predicted octanol–water partition coefficient (Wildman–Crippen LogP) is 3.27. The summed E-state index contributed by atoms with van der Waals surface area (Å²) < 4.78 is 27.6. The Kier molecular flexibility index (Phi) is 4.50. The number of nitrogens with zero attached hydrogens (tertiary/aromatic N) is 1. The lowest BCUT2D eigenvalue weighted by molar-refractivity contribution is 0.195. The van der Waals surface area contributed by atoms with E-state index in [1.807, 2.05) is 25.1 Å². The monoisotopic (exact) mass is 302 g/mol. The summed E-state index contributed by atoms with van der Waals surface area (Å²) in [5, 5.41) is 3.31. The quantitative estimate of drug-likeness (QED) is 0.936. The molecule has 0 radical (unpaired) electrons. The molecular formula is C18H20F2N2. The molecule has 1 heterocycles. The minimum atomic E-state index is -0.537. The van der Waals surface area contributed by atoms with Crippen LogP contribution in [0.25, 0.3) is 0 Å². The highest BCUT2D eigenvalue weighted by Gasteiger charge is 2.26. The van der Waals surface area contributed by atoms with Crippen molar-refractivity contribution >= 4 is 0 Å². The van der Waals surface area contributed by atoms with Crippen molar-refractivity contribution in [3.63, 3.8) is 0 Å². The summed E-state index contributed by atoms with van der Waals surface area (Å²) in [6, 6.07) is 11.8. The van der Waals surface area contributed by atoms with E-state index in [4.69, 9.17) is 0 Å². The number of piperazine rings is 1. The van der Waals surface area contributed by atoms with Crippen molar-refractivity contribution in [3.8, 4) is 0 Å². The number of halogens is 2. The molecule has 2 nitrogen and oxygen atoms in total. The van der Waals surface area contributed by atoms with Crippen LogP contribution < -0.4 is 5.32 Å². The molecule has 1 fully saturated rings. The standard InChI is InChI=1S/C18H20F2N2/c1-13-3-2-4-14(11-13)18(22-9-7-21-8-10-22)16-6-5-15(19)12-17(16)20/h2-6,11-12,18,21H,7-10H2,1H3. The molecule has 0 aliphatic carbocycles. The van der Waals surface area contributed by atoms with Gasteiger partial charge in [0.05, 0.1) is 6.04 Å². The second-order valence-corrected chi connectivity index (χ2v) is 5.77. The number of rotatable bonds is 3. The van der Waals surface area contributed by atoms with Crippen molar-refractivity contribution in [2.24, 2.45) is 0 Å². The Morgan fingerprint density at radius 3 is 2.50 bits per heavy atom. The molecule has 2 aromatic rings. The van der Waals surface area contributed by atoms with E-state index < -0.39 is 11.6 Å². The Morgan fingerprint density at radius 1 is 1.05 bits per heavy atom. The first kappa shape index (κ1) is 15.1. The summed E-state index contributed by atoms with van der Waals surface area (Å²) in [5.74, 6) is -1.02. The van der Waals surface area contributed by atoms with Crippen LogP contribution in [0.4, 0.5) is 8.78 Å². The zero-order valence-corrected chi connectivity index (χ0v) is 12.7. The van der Waals surface area contributed by atoms with Gasteiger partial charge in [-0.2, -0.15) is 0 Å². The molecule has 0 spiro atoms. The molecule has 0 bridgehead atoms. The lowest BCUT2D eigenvalue weighted by Crippen LogP contribution is -2.45. The minimum absolute atomic E-state index is 0.178. The summed E-state index contributed by atoms with van der Waals surface area (Å²) in [6.45, 7) is 5.47. The van der Waals surface area contributed by atoms with Crippen LogP contribution >= 0.6 is 0 Å². The van der Waals surface area contributed by atoms with Gasteiger partial charge in [-0.25, -0.2) is 8.78 Å². The number of benzene rings is 2. The van der Waals surface area contributed by atoms with Gasteiger partial charge in [0.25, 0.3) is 0 Å². The van der Waals surface area contributed by atoms with Gasteiger partial charge in [0.2, 0.25) is 0 Å². The molecule has 116 valence electrons. The molecule has 2 aromatic carbocycles. The van der Waals surface area contributed by atoms with Crippen molar-refractivity contribution in [2.45, 2.75) is 13.0 Å². The number of aryl methyl sites for hydroxylation is 1. The second-order valence-electron chi connectivity index (χ2n) is 5.77. The van der Waals surface area contributed by atoms with E-state index in [9.17, 15) is 8.78 Å². The Balaban J connectivity index is 2.05. The van der Waals surface area contributed by atoms with Crippen LogP contribution in [0.1, 0.15) is 22.7 Å². The molecular weight excluding hydrogens is 282 g/mol. The molecule has 0 aromatic heterocycles. The smallest absolute Gasteiger partial charge is 0.131 e. The van der Waals surface area contributed by atoms with E-state index in [2.05, 4.69) is 16.3 Å². The molecule has 1 atom stereocenters. The average molecular weight is 302 g/mol. The van der Waals surface area contributed by atoms with E-state index >= 15 is 0 Å². The zero-order valence-electron chi connectivity index (χ0n) is 12.7. The highest BCUT2D eigenvalue weighted by atomic mass is 19.1. The molecule has 1 saturated heterocycles. The summed E-state index contributed by atoms with van der Waals surface area (Å²) in [5.41, 5.74) is 2.72. The lowest BCUT2D eigenvalue weighted by atomic mass is 9.95. The SMILES string of the molecule is Cc1cccc(C(c2ccc(F)cc2F)N2CCNCC2)c1. The lowest BCUT2D eigenvalue weighted by Gasteiger charge is -2.35. The number of nitrogens with one attached hydrogen (secondary N) is 1. The summed E-state index contributed by atoms with van der Waals surface area (Å²) in [4.78, 5) is 2.25. The fourth-order valence-corrected chi connectivity index (χ4v) is 3.09. The molecule has 0 saturated carbocycles. The van der Waals surface area contributed by atoms with Crippen molar-refractivity contribution in [1.29, 1.82) is 0 Å². The maximum absolute atomic E-state index is 14.4. The minimum Gasteiger partial charge on any atom is -0.314 e. The Bertz CT molecular complexity index is 651. The summed E-state index contributed by atoms with van der Waals surface area (Å²) >= 11 is 0. The Morgan fingerprint density at radius 2 is 1.82 bits per heavy atom. The van der Waals surface area contributed by atoms with Crippen molar-refractivity contribution in [3.05, 3.63) is 70.8 Å². The van der Waals surface area contributed by atoms with Crippen LogP contribution in [-0.2, 0) is 0 Å². The Labute approximate surface area is 129 Å². The van der Waals surface area contributed by atoms with Crippen LogP contribution in [0.5, 0.6) is 0 Å². The first-order valence-electron chi connectivity index (χ1n) is 7.61. The maximum atomic E-state index is 14.4. The van der Waals surface area contributed by atoms with Gasteiger partial charge < -0.3 is 5.32 Å². The third-order valence-corrected chi connectivity index (χ3v) is 4.13. The third kappa shape index (κ3) is 3.18. The van der Waals surface area contributed by atoms with Gasteiger partial charge in [-0.3, -0.25) is 4.90 Å². The summed E-state index contributed by atoms with van der Waals surface area (Å²) in [7, 11) is 0. The zero-order chi connectivity index (χ0) is 15.5. The number of hydrogen-bond acceptors (Lipinski definition) is 2. The third-order valence-electron chi connectivity index (χ3n) is 4.13. The van der Waals surface area contributed by atoms with Gasteiger partial charge in [-0.1, -0.05) is 35.9 Å². The van der Waals surface area contributed by atoms with Gasteiger partial charge >= 0.3 is 0 Å². The normalized spacial score (nSPS) is 17.4. The fourth-order valence-electron chi connectivity index (χ4n) is 3.09. The molecule has 1 aliphatic rings. The fraction of sp³-hybridized carbons (Fsp3) is 0.333. The predicted molar refractivity (Wildman–Crippen MR) is 83.8 cm³/mol. The first-order chi connectivity index (χ1) is 10.6. The highest BCUT2D eigenvalue weighted by Crippen LogP contribution is 2.31. The first-order valence-corrected chi connectivity index (χ1v) is 7.61. The van der Waals surface area contributed by atoms with Crippen molar-refractivity contribution < 1.29 is 8.78 Å². The molecule has 3 rings (SSSR count). The van der Waals surface area contributed by atoms with Gasteiger partial charge in [-0.15, -0.1) is 0 Å². The van der Waals surface area contributed by atoms with E-state index in [0.29, 0.717) is 5.56 Å². The molecule has 4 heteroatoms. The average Bonchev–Trinajstić information content (AvgIpc) is 2.51. The van der Waals surface area contributed by atoms with Crippen LogP contribution in [0.2, 0.25) is 0 Å². The molecule has 1 unspecified atom stereocenters. The molecule has 1 aliphatic heterocycles. The maximum Gasteiger partial charge on any atom is 0.131 e. The topological polar surface area (TPSA) is 15.3 Å². The molecule has 22 heavy (non-hydrogen) atoms. The van der Waals surface area contributed by atoms with Gasteiger partial charge in [0.15, 0.2) is 0 Å². The van der Waals surface area contributed by atoms with E-state index in [1.165, 1.54) is 6.07 Å². The van der Waals surface area contributed by atoms with E-state index in [-0.39, 0.29) is 6.04 Å². The van der Waals surface area contributed by atoms with E-state index in [1.54, 1.807) is 6.07 Å². The highest BCUT2D eigenvalue weighted by molar-refractivity contribution is 5.35. The van der Waals surface area contributed by atoms with Crippen LogP contribution in [0, 0.1) is 18.6 Å². The van der Waals surface area contributed by atoms with Crippen LogP contribution in [0.3, 0.4) is 0 Å². The number of hydrogen-bond donors (Lipinski definition) is 1.